The molecule has 1 atom stereocenters. The zero-order valence-electron chi connectivity index (χ0n) is 17.0. The maximum atomic E-state index is 13.2. The van der Waals surface area contributed by atoms with Gasteiger partial charge in [-0.15, -0.1) is 0 Å². The van der Waals surface area contributed by atoms with Crippen LogP contribution in [-0.2, 0) is 14.4 Å². The number of hydrogen-bond acceptors (Lipinski definition) is 4. The number of benzene rings is 2. The minimum atomic E-state index is -0.507. The van der Waals surface area contributed by atoms with Crippen molar-refractivity contribution in [1.82, 2.24) is 4.90 Å². The van der Waals surface area contributed by atoms with Crippen LogP contribution < -0.4 is 4.90 Å². The van der Waals surface area contributed by atoms with Crippen molar-refractivity contribution in [2.75, 3.05) is 11.9 Å². The predicted molar refractivity (Wildman–Crippen MR) is 114 cm³/mol. The molecule has 2 aromatic carbocycles. The van der Waals surface area contributed by atoms with Crippen LogP contribution >= 0.6 is 0 Å². The van der Waals surface area contributed by atoms with Crippen molar-refractivity contribution in [3.63, 3.8) is 0 Å². The molecule has 5 nitrogen and oxygen atoms in total. The van der Waals surface area contributed by atoms with Gasteiger partial charge in [-0.3, -0.25) is 19.3 Å². The second-order valence-corrected chi connectivity index (χ2v) is 8.08. The zero-order valence-corrected chi connectivity index (χ0v) is 17.0. The zero-order chi connectivity index (χ0) is 21.0. The van der Waals surface area contributed by atoms with E-state index in [1.165, 1.54) is 11.9 Å². The monoisotopic (exact) mass is 398 g/mol. The van der Waals surface area contributed by atoms with Crippen LogP contribution in [0.5, 0.6) is 0 Å². The number of ketones is 1. The Hall–Kier alpha value is -3.47. The number of rotatable bonds is 2. The first-order valence-corrected chi connectivity index (χ1v) is 10.2. The summed E-state index contributed by atoms with van der Waals surface area (Å²) in [4.78, 5) is 42.7. The summed E-state index contributed by atoms with van der Waals surface area (Å²) in [7, 11) is 1.51. The number of nitrogens with zero attached hydrogens (tertiary/aromatic N) is 2. The van der Waals surface area contributed by atoms with Crippen molar-refractivity contribution in [2.24, 2.45) is 0 Å². The lowest BCUT2D eigenvalue weighted by molar-refractivity contribution is -0.136. The Bertz CT molecular complexity index is 1140. The minimum absolute atomic E-state index is 0.0589. The van der Waals surface area contributed by atoms with Crippen molar-refractivity contribution in [2.45, 2.75) is 32.1 Å². The predicted octanol–water partition coefficient (Wildman–Crippen LogP) is 3.86. The van der Waals surface area contributed by atoms with E-state index < -0.39 is 5.92 Å². The van der Waals surface area contributed by atoms with E-state index in [1.807, 2.05) is 66.4 Å². The van der Waals surface area contributed by atoms with E-state index in [0.29, 0.717) is 29.7 Å². The first kappa shape index (κ1) is 18.6. The maximum Gasteiger partial charge on any atom is 0.277 e. The number of likely N-dealkylation sites (N-methyl/N-ethyl adjacent to an activating group) is 1. The average molecular weight is 398 g/mol. The Morgan fingerprint density at radius 2 is 1.53 bits per heavy atom. The molecule has 0 fully saturated rings. The second kappa shape index (κ2) is 6.80. The van der Waals surface area contributed by atoms with Crippen molar-refractivity contribution < 1.29 is 14.4 Å². The molecular formula is C25H22N2O3. The molecule has 0 N–H and O–H groups in total. The third-order valence-corrected chi connectivity index (χ3v) is 6.22. The molecule has 1 aliphatic carbocycles. The summed E-state index contributed by atoms with van der Waals surface area (Å²) in [5, 5.41) is 0. The lowest BCUT2D eigenvalue weighted by Gasteiger charge is -2.39. The van der Waals surface area contributed by atoms with Gasteiger partial charge in [-0.1, -0.05) is 48.0 Å². The molecule has 0 unspecified atom stereocenters. The largest absolute Gasteiger partial charge is 0.308 e. The molecule has 0 saturated carbocycles. The van der Waals surface area contributed by atoms with Gasteiger partial charge in [0, 0.05) is 36.3 Å². The summed E-state index contributed by atoms with van der Waals surface area (Å²) in [6.45, 7) is 2.00. The van der Waals surface area contributed by atoms with Crippen LogP contribution in [0.15, 0.2) is 77.1 Å². The van der Waals surface area contributed by atoms with E-state index in [1.54, 1.807) is 0 Å². The van der Waals surface area contributed by atoms with Gasteiger partial charge in [0.05, 0.1) is 5.57 Å². The van der Waals surface area contributed by atoms with Gasteiger partial charge in [0.25, 0.3) is 11.8 Å². The van der Waals surface area contributed by atoms with Crippen LogP contribution in [0.1, 0.15) is 36.3 Å². The molecule has 30 heavy (non-hydrogen) atoms. The highest BCUT2D eigenvalue weighted by molar-refractivity contribution is 6.23. The Labute approximate surface area is 175 Å². The summed E-state index contributed by atoms with van der Waals surface area (Å²) >= 11 is 0. The van der Waals surface area contributed by atoms with Gasteiger partial charge in [-0.2, -0.15) is 0 Å². The van der Waals surface area contributed by atoms with Crippen LogP contribution in [0.3, 0.4) is 0 Å². The first-order valence-electron chi connectivity index (χ1n) is 10.2. The molecule has 2 aromatic rings. The van der Waals surface area contributed by atoms with Crippen LogP contribution in [0.4, 0.5) is 5.69 Å². The number of carbonyl (C=O) groups is 3. The number of Topliss-reactive ketones (excluding diaryl/α,β-unsaturated/α-hetero) is 1. The molecule has 0 bridgehead atoms. The molecule has 5 rings (SSSR count). The van der Waals surface area contributed by atoms with E-state index in [2.05, 4.69) is 0 Å². The fraction of sp³-hybridized carbons (Fsp3) is 0.240. The van der Waals surface area contributed by atoms with Gasteiger partial charge in [0.15, 0.2) is 5.78 Å². The van der Waals surface area contributed by atoms with Crippen LogP contribution in [0, 0.1) is 6.92 Å². The molecule has 0 radical (unpaired) electrons. The lowest BCUT2D eigenvalue weighted by Crippen LogP contribution is -2.37. The van der Waals surface area contributed by atoms with E-state index in [9.17, 15) is 14.4 Å². The highest BCUT2D eigenvalue weighted by atomic mass is 16.2. The average Bonchev–Trinajstić information content (AvgIpc) is 2.98. The highest BCUT2D eigenvalue weighted by Crippen LogP contribution is 2.50. The van der Waals surface area contributed by atoms with E-state index in [-0.39, 0.29) is 17.6 Å². The Kier molecular flexibility index (Phi) is 4.21. The SMILES string of the molecule is Cc1ccc(N2C3=C(C(=O)CCC3)[C@@H](c3ccccc3)C3=C2C(=O)N(C)C3=O)cc1. The third kappa shape index (κ3) is 2.58. The third-order valence-electron chi connectivity index (χ3n) is 6.22. The number of hydrogen-bond donors (Lipinski definition) is 0. The van der Waals surface area contributed by atoms with E-state index in [4.69, 9.17) is 0 Å². The second-order valence-electron chi connectivity index (χ2n) is 8.08. The molecule has 2 heterocycles. The Morgan fingerprint density at radius 3 is 2.23 bits per heavy atom. The van der Waals surface area contributed by atoms with Crippen molar-refractivity contribution >= 4 is 23.3 Å². The highest BCUT2D eigenvalue weighted by Gasteiger charge is 2.50. The summed E-state index contributed by atoms with van der Waals surface area (Å²) in [6.07, 6.45) is 1.90. The maximum absolute atomic E-state index is 13.2. The fourth-order valence-electron chi connectivity index (χ4n) is 4.77. The van der Waals surface area contributed by atoms with Crippen molar-refractivity contribution in [3.05, 3.63) is 88.3 Å². The number of anilines is 1. The lowest BCUT2D eigenvalue weighted by atomic mass is 9.74. The molecule has 0 aromatic heterocycles. The van der Waals surface area contributed by atoms with E-state index in [0.717, 1.165) is 28.9 Å². The van der Waals surface area contributed by atoms with Crippen LogP contribution in [-0.4, -0.2) is 29.5 Å². The first-order chi connectivity index (χ1) is 14.5. The van der Waals surface area contributed by atoms with Crippen molar-refractivity contribution in [3.8, 4) is 0 Å². The molecule has 150 valence electrons. The normalized spacial score (nSPS) is 21.4. The minimum Gasteiger partial charge on any atom is -0.308 e. The smallest absolute Gasteiger partial charge is 0.277 e. The molecule has 0 saturated heterocycles. The molecule has 0 spiro atoms. The molecular weight excluding hydrogens is 376 g/mol. The summed E-state index contributed by atoms with van der Waals surface area (Å²) in [5.74, 6) is -1.09. The van der Waals surface area contributed by atoms with Gasteiger partial charge >= 0.3 is 0 Å². The number of carbonyl (C=O) groups excluding carboxylic acids is 3. The fourth-order valence-corrected chi connectivity index (χ4v) is 4.77. The van der Waals surface area contributed by atoms with Gasteiger partial charge < -0.3 is 4.90 Å². The quantitative estimate of drug-likeness (QED) is 0.721. The number of imide groups is 1. The van der Waals surface area contributed by atoms with Crippen LogP contribution in [0.2, 0.25) is 0 Å². The summed E-state index contributed by atoms with van der Waals surface area (Å²) in [5.41, 5.74) is 5.07. The number of allylic oxidation sites excluding steroid dienone is 2. The molecule has 3 aliphatic rings. The summed E-state index contributed by atoms with van der Waals surface area (Å²) in [6, 6.07) is 17.4. The summed E-state index contributed by atoms with van der Waals surface area (Å²) < 4.78 is 0. The molecule has 2 amide bonds. The number of aryl methyl sites for hydroxylation is 1. The number of amides is 2. The van der Waals surface area contributed by atoms with Crippen molar-refractivity contribution in [1.29, 1.82) is 0 Å². The van der Waals surface area contributed by atoms with Gasteiger partial charge in [0.1, 0.15) is 5.70 Å². The van der Waals surface area contributed by atoms with E-state index >= 15 is 0 Å². The van der Waals surface area contributed by atoms with Crippen LogP contribution in [0.25, 0.3) is 0 Å². The standard InChI is InChI=1S/C25H22N2O3/c1-15-11-13-17(14-12-15)27-18-9-6-10-19(28)21(18)20(16-7-4-3-5-8-16)22-23(27)25(30)26(2)24(22)29/h3-5,7-8,11-14,20H,6,9-10H2,1-2H3/t20-/m1/s1. The van der Waals surface area contributed by atoms with Gasteiger partial charge in [-0.25, -0.2) is 0 Å². The Balaban J connectivity index is 1.82. The molecule has 5 heteroatoms. The molecule has 2 aliphatic heterocycles. The van der Waals surface area contributed by atoms with Gasteiger partial charge in [-0.05, 0) is 37.5 Å². The topological polar surface area (TPSA) is 57.7 Å². The Morgan fingerprint density at radius 1 is 0.833 bits per heavy atom. The van der Waals surface area contributed by atoms with Gasteiger partial charge in [0.2, 0.25) is 0 Å².